The largest absolute Gasteiger partial charge is 0.332 e. The Balaban J connectivity index is 1.83. The third kappa shape index (κ3) is 3.71. The van der Waals surface area contributed by atoms with E-state index in [1.165, 1.54) is 9.13 Å². The van der Waals surface area contributed by atoms with Gasteiger partial charge in [-0.1, -0.05) is 42.5 Å². The number of hydrogen-bond donors (Lipinski definition) is 0. The van der Waals surface area contributed by atoms with Crippen molar-refractivity contribution in [2.24, 2.45) is 7.05 Å². The van der Waals surface area contributed by atoms with E-state index < -0.39 is 0 Å². The molecule has 1 aromatic carbocycles. The molecule has 0 saturated heterocycles. The molecule has 0 radical (unpaired) electrons. The van der Waals surface area contributed by atoms with Crippen LogP contribution in [0.5, 0.6) is 0 Å². The van der Waals surface area contributed by atoms with Gasteiger partial charge in [0.25, 0.3) is 5.56 Å². The number of imidazole rings is 2. The zero-order valence-corrected chi connectivity index (χ0v) is 19.4. The zero-order chi connectivity index (χ0) is 23.0. The third-order valence-electron chi connectivity index (χ3n) is 6.01. The highest BCUT2D eigenvalue weighted by atomic mass is 16.2. The van der Waals surface area contributed by atoms with E-state index in [2.05, 4.69) is 30.5 Å². The van der Waals surface area contributed by atoms with Crippen LogP contribution in [0.15, 0.2) is 46.0 Å². The summed E-state index contributed by atoms with van der Waals surface area (Å²) in [6.45, 7) is 6.00. The van der Waals surface area contributed by atoms with E-state index in [4.69, 9.17) is 4.98 Å². The van der Waals surface area contributed by atoms with Crippen molar-refractivity contribution in [3.8, 4) is 0 Å². The maximum atomic E-state index is 13.4. The van der Waals surface area contributed by atoms with Crippen molar-refractivity contribution in [1.29, 1.82) is 0 Å². The summed E-state index contributed by atoms with van der Waals surface area (Å²) in [7, 11) is 5.78. The molecule has 0 unspecified atom stereocenters. The minimum absolute atomic E-state index is 0.200. The number of benzene rings is 1. The molecular weight excluding hydrogens is 404 g/mol. The summed E-state index contributed by atoms with van der Waals surface area (Å²) in [5, 5.41) is 0. The molecule has 0 fully saturated rings. The quantitative estimate of drug-likeness (QED) is 0.448. The molecule has 168 valence electrons. The van der Waals surface area contributed by atoms with Crippen molar-refractivity contribution in [3.63, 3.8) is 0 Å². The second kappa shape index (κ2) is 8.63. The molecule has 0 aliphatic carbocycles. The van der Waals surface area contributed by atoms with Crippen LogP contribution in [0.2, 0.25) is 0 Å². The lowest BCUT2D eigenvalue weighted by atomic mass is 10.2. The van der Waals surface area contributed by atoms with Crippen LogP contribution in [0.3, 0.4) is 0 Å². The summed E-state index contributed by atoms with van der Waals surface area (Å²) in [5.41, 5.74) is 3.25. The summed E-state index contributed by atoms with van der Waals surface area (Å²) in [6, 6.07) is 9.81. The average molecular weight is 435 g/mol. The number of allylic oxidation sites excluding steroid dienone is 1. The maximum Gasteiger partial charge on any atom is 0.332 e. The molecule has 4 rings (SSSR count). The van der Waals surface area contributed by atoms with Gasteiger partial charge < -0.3 is 9.47 Å². The minimum atomic E-state index is -0.366. The van der Waals surface area contributed by atoms with Gasteiger partial charge in [-0.25, -0.2) is 4.79 Å². The second-order valence-corrected chi connectivity index (χ2v) is 8.47. The monoisotopic (exact) mass is 434 g/mol. The van der Waals surface area contributed by atoms with Crippen LogP contribution in [0.25, 0.3) is 23.0 Å². The van der Waals surface area contributed by atoms with Crippen LogP contribution >= 0.6 is 0 Å². The van der Waals surface area contributed by atoms with Gasteiger partial charge >= 0.3 is 5.69 Å². The van der Waals surface area contributed by atoms with Gasteiger partial charge in [-0.2, -0.15) is 4.98 Å². The molecule has 0 saturated carbocycles. The summed E-state index contributed by atoms with van der Waals surface area (Å²) in [6.07, 6.45) is 4.72. The van der Waals surface area contributed by atoms with Gasteiger partial charge in [0.2, 0.25) is 5.78 Å². The Labute approximate surface area is 186 Å². The molecule has 0 bridgehead atoms. The molecule has 3 aromatic heterocycles. The second-order valence-electron chi connectivity index (χ2n) is 8.47. The van der Waals surface area contributed by atoms with E-state index >= 15 is 0 Å². The molecule has 8 heteroatoms. The zero-order valence-electron chi connectivity index (χ0n) is 19.4. The molecule has 32 heavy (non-hydrogen) atoms. The maximum absolute atomic E-state index is 13.4. The Morgan fingerprint density at radius 3 is 2.44 bits per heavy atom. The van der Waals surface area contributed by atoms with Crippen molar-refractivity contribution in [3.05, 3.63) is 74.2 Å². The summed E-state index contributed by atoms with van der Waals surface area (Å²) in [5.74, 6) is 0.707. The van der Waals surface area contributed by atoms with Gasteiger partial charge in [-0.3, -0.25) is 18.3 Å². The van der Waals surface area contributed by atoms with E-state index in [1.807, 2.05) is 53.8 Å². The van der Waals surface area contributed by atoms with E-state index in [9.17, 15) is 9.59 Å². The topological polar surface area (TPSA) is 69.5 Å². The predicted octanol–water partition coefficient (Wildman–Crippen LogP) is 2.43. The van der Waals surface area contributed by atoms with Gasteiger partial charge in [0.1, 0.15) is 0 Å². The highest BCUT2D eigenvalue weighted by molar-refractivity contribution is 5.76. The molecule has 0 aliphatic rings. The van der Waals surface area contributed by atoms with Crippen molar-refractivity contribution < 1.29 is 0 Å². The van der Waals surface area contributed by atoms with Crippen LogP contribution in [-0.4, -0.2) is 48.6 Å². The number of nitrogens with zero attached hydrogens (tertiary/aromatic N) is 6. The van der Waals surface area contributed by atoms with E-state index in [0.29, 0.717) is 16.9 Å². The highest BCUT2D eigenvalue weighted by Crippen LogP contribution is 2.21. The molecule has 8 nitrogen and oxygen atoms in total. The Kier molecular flexibility index (Phi) is 5.88. The summed E-state index contributed by atoms with van der Waals surface area (Å²) >= 11 is 0. The summed E-state index contributed by atoms with van der Waals surface area (Å²) < 4.78 is 6.79. The fourth-order valence-electron chi connectivity index (χ4n) is 4.15. The number of fused-ring (bicyclic) bond motifs is 3. The predicted molar refractivity (Wildman–Crippen MR) is 128 cm³/mol. The van der Waals surface area contributed by atoms with Crippen LogP contribution < -0.4 is 11.2 Å². The first-order chi connectivity index (χ1) is 15.3. The Bertz CT molecular complexity index is 1420. The molecule has 0 aliphatic heterocycles. The van der Waals surface area contributed by atoms with Crippen LogP contribution in [0.1, 0.15) is 23.4 Å². The fraction of sp³-hybridized carbons (Fsp3) is 0.375. The SMILES string of the molecule is Cc1c(C)n2c3c(=O)n(CC=Cc4ccccc4)c(=O)n(C)c3nc2n1CCCN(C)C. The highest BCUT2D eigenvalue weighted by Gasteiger charge is 2.22. The van der Waals surface area contributed by atoms with Crippen LogP contribution in [-0.2, 0) is 20.1 Å². The number of aromatic nitrogens is 5. The molecule has 0 spiro atoms. The lowest BCUT2D eigenvalue weighted by molar-refractivity contribution is 0.386. The van der Waals surface area contributed by atoms with Crippen molar-refractivity contribution in [2.45, 2.75) is 33.4 Å². The van der Waals surface area contributed by atoms with Gasteiger partial charge in [0, 0.05) is 31.5 Å². The standard InChI is InChI=1S/C24H30N6O2/c1-17-18(2)30-20-21(25-23(30)28(17)16-10-14-26(3)4)27(5)24(32)29(22(20)31)15-9-13-19-11-7-6-8-12-19/h6-9,11-13H,10,14-16H2,1-5H3. The van der Waals surface area contributed by atoms with E-state index in [1.54, 1.807) is 7.05 Å². The van der Waals surface area contributed by atoms with Crippen LogP contribution in [0.4, 0.5) is 0 Å². The lowest BCUT2D eigenvalue weighted by Gasteiger charge is -2.10. The molecule has 3 heterocycles. The number of aryl methyl sites for hydroxylation is 3. The molecular formula is C24H30N6O2. The molecule has 4 aromatic rings. The van der Waals surface area contributed by atoms with Crippen LogP contribution in [0, 0.1) is 13.8 Å². The molecule has 0 N–H and O–H groups in total. The van der Waals surface area contributed by atoms with Gasteiger partial charge in [0.05, 0.1) is 0 Å². The number of hydrogen-bond acceptors (Lipinski definition) is 4. The van der Waals surface area contributed by atoms with Gasteiger partial charge in [-0.15, -0.1) is 0 Å². The Morgan fingerprint density at radius 2 is 1.75 bits per heavy atom. The average Bonchev–Trinajstić information content (AvgIpc) is 3.27. The van der Waals surface area contributed by atoms with E-state index in [-0.39, 0.29) is 17.8 Å². The smallest absolute Gasteiger partial charge is 0.314 e. The normalized spacial score (nSPS) is 12.2. The first-order valence-corrected chi connectivity index (χ1v) is 10.8. The number of rotatable bonds is 7. The minimum Gasteiger partial charge on any atom is -0.314 e. The van der Waals surface area contributed by atoms with E-state index in [0.717, 1.165) is 36.5 Å². The van der Waals surface area contributed by atoms with Crippen molar-refractivity contribution >= 4 is 23.0 Å². The van der Waals surface area contributed by atoms with Crippen molar-refractivity contribution in [1.82, 2.24) is 28.0 Å². The first kappa shape index (κ1) is 21.8. The van der Waals surface area contributed by atoms with Gasteiger partial charge in [-0.05, 0) is 46.5 Å². The van der Waals surface area contributed by atoms with Gasteiger partial charge in [0.15, 0.2) is 11.2 Å². The molecule has 0 atom stereocenters. The lowest BCUT2D eigenvalue weighted by Crippen LogP contribution is -2.39. The van der Waals surface area contributed by atoms with Crippen molar-refractivity contribution in [2.75, 3.05) is 20.6 Å². The Hall–Kier alpha value is -3.39. The fourth-order valence-corrected chi connectivity index (χ4v) is 4.15. The third-order valence-corrected chi connectivity index (χ3v) is 6.01. The Morgan fingerprint density at radius 1 is 1.03 bits per heavy atom. The first-order valence-electron chi connectivity index (χ1n) is 10.8. The molecule has 0 amide bonds. The summed E-state index contributed by atoms with van der Waals surface area (Å²) in [4.78, 5) is 33.3.